The molecule has 50 heavy (non-hydrogen) atoms. The Balaban J connectivity index is 1.32. The second kappa shape index (κ2) is 13.4. The molecule has 5 aromatic rings. The molecular weight excluding hydrogens is 647 g/mol. The molecule has 1 aliphatic heterocycles. The van der Waals surface area contributed by atoms with Crippen LogP contribution in [0, 0.1) is 0 Å². The highest BCUT2D eigenvalue weighted by Gasteiger charge is 2.41. The van der Waals surface area contributed by atoms with Gasteiger partial charge in [-0.3, -0.25) is 0 Å². The molecule has 2 heterocycles. The van der Waals surface area contributed by atoms with Gasteiger partial charge < -0.3 is 14.8 Å². The van der Waals surface area contributed by atoms with Crippen LogP contribution in [0.2, 0.25) is 0 Å². The number of nitrogens with one attached hydrogen (secondary N) is 2. The molecule has 1 aromatic heterocycles. The third-order valence-corrected chi connectivity index (χ3v) is 12.1. The maximum Gasteiger partial charge on any atom is 0.331 e. The van der Waals surface area contributed by atoms with Gasteiger partial charge in [0.15, 0.2) is 9.92 Å². The minimum atomic E-state index is -3.80. The van der Waals surface area contributed by atoms with Crippen LogP contribution in [-0.4, -0.2) is 40.3 Å². The van der Waals surface area contributed by atoms with Gasteiger partial charge in [-0.2, -0.15) is 9.46 Å². The molecule has 0 radical (unpaired) electrons. The molecule has 10 heteroatoms. The van der Waals surface area contributed by atoms with Crippen molar-refractivity contribution in [2.24, 2.45) is 4.36 Å². The maximum atomic E-state index is 16.0. The Bertz CT molecular complexity index is 2050. The van der Waals surface area contributed by atoms with Gasteiger partial charge in [-0.05, 0) is 71.0 Å². The van der Waals surface area contributed by atoms with E-state index in [9.17, 15) is 4.79 Å². The molecule has 256 valence electrons. The molecule has 3 aliphatic rings. The van der Waals surface area contributed by atoms with Gasteiger partial charge >= 0.3 is 6.03 Å². The van der Waals surface area contributed by atoms with E-state index >= 15 is 4.21 Å². The normalized spacial score (nSPS) is 17.5. The van der Waals surface area contributed by atoms with Gasteiger partial charge in [0.2, 0.25) is 5.88 Å². The van der Waals surface area contributed by atoms with Crippen molar-refractivity contribution in [3.05, 3.63) is 142 Å². The fourth-order valence-electron chi connectivity index (χ4n) is 7.96. The number of amides is 2. The van der Waals surface area contributed by atoms with Crippen LogP contribution in [0.1, 0.15) is 64.1 Å². The first-order chi connectivity index (χ1) is 24.5. The van der Waals surface area contributed by atoms with Crippen molar-refractivity contribution in [2.45, 2.75) is 61.4 Å². The monoisotopic (exact) mass is 687 g/mol. The summed E-state index contributed by atoms with van der Waals surface area (Å²) in [6.07, 6.45) is 7.00. The number of carbonyl (C=O) groups excluding carboxylic acids is 1. The van der Waals surface area contributed by atoms with E-state index in [2.05, 4.69) is 21.2 Å². The number of anilines is 1. The summed E-state index contributed by atoms with van der Waals surface area (Å²) in [4.78, 5) is 14.7. The average molecular weight is 688 g/mol. The molecule has 2 N–H and O–H groups in total. The van der Waals surface area contributed by atoms with Crippen LogP contribution in [0.5, 0.6) is 5.88 Å². The SMILES string of the molecule is COC[C@H]1CCc2c1cc1c(c2NC(=O)NS(=O)(=NC(c2ccccc2)(c2ccccc2)c2ccccc2)c2cnn3c2OCCC3)CCC1. The van der Waals surface area contributed by atoms with E-state index in [1.54, 1.807) is 11.8 Å². The van der Waals surface area contributed by atoms with E-state index < -0.39 is 21.5 Å². The van der Waals surface area contributed by atoms with E-state index in [1.165, 1.54) is 22.9 Å². The zero-order valence-corrected chi connectivity index (χ0v) is 29.0. The number of methoxy groups -OCH3 is 1. The van der Waals surface area contributed by atoms with Crippen LogP contribution in [0.15, 0.2) is 113 Å². The van der Waals surface area contributed by atoms with E-state index in [-0.39, 0.29) is 10.8 Å². The molecule has 0 spiro atoms. The summed E-state index contributed by atoms with van der Waals surface area (Å²) in [7, 11) is -2.07. The van der Waals surface area contributed by atoms with Crippen LogP contribution < -0.4 is 14.8 Å². The summed E-state index contributed by atoms with van der Waals surface area (Å²) >= 11 is 0. The molecule has 0 saturated carbocycles. The summed E-state index contributed by atoms with van der Waals surface area (Å²) < 4.78 is 37.6. The molecule has 8 rings (SSSR count). The Morgan fingerprint density at radius 3 is 2.24 bits per heavy atom. The van der Waals surface area contributed by atoms with Gasteiger partial charge in [-0.1, -0.05) is 97.1 Å². The van der Waals surface area contributed by atoms with Gasteiger partial charge in [-0.15, -0.1) is 0 Å². The van der Waals surface area contributed by atoms with Gasteiger partial charge in [0, 0.05) is 31.7 Å². The van der Waals surface area contributed by atoms with Crippen LogP contribution >= 0.6 is 0 Å². The predicted molar refractivity (Wildman–Crippen MR) is 194 cm³/mol. The van der Waals surface area contributed by atoms with Crippen molar-refractivity contribution < 1.29 is 18.5 Å². The number of aromatic nitrogens is 2. The average Bonchev–Trinajstić information content (AvgIpc) is 3.91. The minimum Gasteiger partial charge on any atom is -0.477 e. The van der Waals surface area contributed by atoms with Gasteiger partial charge in [0.25, 0.3) is 0 Å². The van der Waals surface area contributed by atoms with Crippen LogP contribution in [0.4, 0.5) is 10.5 Å². The molecular formula is C40H41N5O4S. The molecule has 0 saturated heterocycles. The lowest BCUT2D eigenvalue weighted by atomic mass is 9.78. The Morgan fingerprint density at radius 2 is 1.60 bits per heavy atom. The molecule has 0 bridgehead atoms. The molecule has 4 aromatic carbocycles. The van der Waals surface area contributed by atoms with Crippen molar-refractivity contribution in [3.63, 3.8) is 0 Å². The first kappa shape index (κ1) is 32.3. The Morgan fingerprint density at radius 1 is 0.940 bits per heavy atom. The maximum absolute atomic E-state index is 16.0. The van der Waals surface area contributed by atoms with Crippen molar-refractivity contribution >= 4 is 21.6 Å². The van der Waals surface area contributed by atoms with Crippen molar-refractivity contribution in [2.75, 3.05) is 25.6 Å². The number of hydrogen-bond donors (Lipinski definition) is 2. The first-order valence-corrected chi connectivity index (χ1v) is 18.9. The summed E-state index contributed by atoms with van der Waals surface area (Å²) in [5, 5.41) is 7.76. The molecule has 2 atom stereocenters. The smallest absolute Gasteiger partial charge is 0.331 e. The number of aryl methyl sites for hydroxylation is 2. The zero-order valence-electron chi connectivity index (χ0n) is 28.1. The van der Waals surface area contributed by atoms with E-state index in [1.807, 2.05) is 91.0 Å². The summed E-state index contributed by atoms with van der Waals surface area (Å²) in [6.45, 7) is 1.70. The lowest BCUT2D eigenvalue weighted by molar-refractivity contribution is 0.179. The topological polar surface area (TPSA) is 107 Å². The molecule has 2 aliphatic carbocycles. The Hall–Kier alpha value is -4.93. The Kier molecular flexibility index (Phi) is 8.66. The number of ether oxygens (including phenoxy) is 2. The number of nitrogens with zero attached hydrogens (tertiary/aromatic N) is 3. The highest BCUT2D eigenvalue weighted by Crippen LogP contribution is 2.45. The van der Waals surface area contributed by atoms with Gasteiger partial charge in [0.1, 0.15) is 10.4 Å². The fraction of sp³-hybridized carbons (Fsp3) is 0.300. The number of fused-ring (bicyclic) bond motifs is 3. The van der Waals surface area contributed by atoms with Gasteiger partial charge in [-0.25, -0.2) is 18.4 Å². The summed E-state index contributed by atoms with van der Waals surface area (Å²) in [5.41, 5.74) is 6.78. The van der Waals surface area contributed by atoms with Crippen LogP contribution in [0.25, 0.3) is 0 Å². The molecule has 1 unspecified atom stereocenters. The van der Waals surface area contributed by atoms with Crippen LogP contribution in [0.3, 0.4) is 0 Å². The third kappa shape index (κ3) is 5.66. The largest absolute Gasteiger partial charge is 0.477 e. The second-order valence-electron chi connectivity index (χ2n) is 13.2. The van der Waals surface area contributed by atoms with E-state index in [0.29, 0.717) is 25.6 Å². The number of urea groups is 1. The highest BCUT2D eigenvalue weighted by atomic mass is 32.2. The van der Waals surface area contributed by atoms with E-state index in [4.69, 9.17) is 13.8 Å². The quantitative estimate of drug-likeness (QED) is 0.157. The minimum absolute atomic E-state index is 0.239. The van der Waals surface area contributed by atoms with Crippen molar-refractivity contribution in [1.82, 2.24) is 14.5 Å². The predicted octanol–water partition coefficient (Wildman–Crippen LogP) is 7.39. The van der Waals surface area contributed by atoms with E-state index in [0.717, 1.165) is 66.5 Å². The third-order valence-electron chi connectivity index (χ3n) is 10.2. The number of benzene rings is 4. The fourth-order valence-corrected chi connectivity index (χ4v) is 9.81. The number of carbonyl (C=O) groups is 1. The Labute approximate surface area is 293 Å². The lowest BCUT2D eigenvalue weighted by Gasteiger charge is -2.33. The highest BCUT2D eigenvalue weighted by molar-refractivity contribution is 7.92. The zero-order chi connectivity index (χ0) is 34.1. The standard InChI is InChI=1S/C40H41N5O4S/c1-48-27-29-21-22-34-35(29)25-28-13-11-20-33(28)37(34)42-39(46)43-50(47,36-26-41-45-23-12-24-49-38(36)45)44-40(30-14-5-2-6-15-30,31-16-7-3-8-17-31)32-18-9-4-10-19-32/h2-10,14-19,25-26,29H,11-13,20-24,27H2,1H3,(H2,42,43,44,46,47)/t29-,50?/m1/s1. The van der Waals surface area contributed by atoms with Crippen LogP contribution in [-0.2, 0) is 46.0 Å². The number of hydrogen-bond acceptors (Lipinski definition) is 6. The molecule has 2 amide bonds. The summed E-state index contributed by atoms with van der Waals surface area (Å²) in [5.74, 6) is 0.639. The first-order valence-electron chi connectivity index (χ1n) is 17.4. The van der Waals surface area contributed by atoms with Gasteiger partial charge in [0.05, 0.1) is 19.4 Å². The van der Waals surface area contributed by atoms with Crippen molar-refractivity contribution in [1.29, 1.82) is 0 Å². The molecule has 0 fully saturated rings. The summed E-state index contributed by atoms with van der Waals surface area (Å²) in [6, 6.07) is 31.2. The number of rotatable bonds is 9. The second-order valence-corrected chi connectivity index (χ2v) is 15.1. The lowest BCUT2D eigenvalue weighted by Crippen LogP contribution is -2.38. The molecule has 9 nitrogen and oxygen atoms in total. The van der Waals surface area contributed by atoms with Crippen molar-refractivity contribution in [3.8, 4) is 5.88 Å².